The molecule has 3 aromatic rings. The number of benzene rings is 2. The fourth-order valence-corrected chi connectivity index (χ4v) is 2.17. The van der Waals surface area contributed by atoms with Gasteiger partial charge in [0.2, 0.25) is 5.89 Å². The summed E-state index contributed by atoms with van der Waals surface area (Å²) >= 11 is 0. The van der Waals surface area contributed by atoms with Crippen LogP contribution in [0.4, 0.5) is 8.78 Å². The molecule has 0 aliphatic heterocycles. The van der Waals surface area contributed by atoms with E-state index in [-0.39, 0.29) is 6.61 Å². The second-order valence-electron chi connectivity index (χ2n) is 5.06. The van der Waals surface area contributed by atoms with Crippen molar-refractivity contribution < 1.29 is 22.7 Å². The van der Waals surface area contributed by atoms with Gasteiger partial charge in [0.05, 0.1) is 0 Å². The van der Waals surface area contributed by atoms with E-state index < -0.39 is 23.2 Å². The number of hydrogen-bond donors (Lipinski definition) is 0. The first-order valence-electron chi connectivity index (χ1n) is 7.19. The quantitative estimate of drug-likeness (QED) is 0.670. The van der Waals surface area contributed by atoms with Crippen molar-refractivity contribution in [1.82, 2.24) is 4.98 Å². The van der Waals surface area contributed by atoms with Crippen LogP contribution < -0.4 is 0 Å². The predicted octanol–water partition coefficient (Wildman–Crippen LogP) is 4.29. The lowest BCUT2D eigenvalue weighted by Gasteiger charge is -2.05. The summed E-state index contributed by atoms with van der Waals surface area (Å²) in [6, 6.07) is 12.4. The molecule has 0 radical (unpaired) electrons. The summed E-state index contributed by atoms with van der Waals surface area (Å²) in [7, 11) is 0. The molecule has 0 saturated heterocycles. The molecule has 0 spiro atoms. The maximum absolute atomic E-state index is 13.6. The van der Waals surface area contributed by atoms with Gasteiger partial charge in [0, 0.05) is 5.56 Å². The first kappa shape index (κ1) is 15.9. The second kappa shape index (κ2) is 6.62. The van der Waals surface area contributed by atoms with Gasteiger partial charge in [-0.3, -0.25) is 0 Å². The number of hydrogen-bond acceptors (Lipinski definition) is 4. The molecule has 4 nitrogen and oxygen atoms in total. The van der Waals surface area contributed by atoms with Gasteiger partial charge in [-0.25, -0.2) is 18.6 Å². The Morgan fingerprint density at radius 3 is 2.42 bits per heavy atom. The van der Waals surface area contributed by atoms with Gasteiger partial charge in [-0.1, -0.05) is 24.3 Å². The first-order chi connectivity index (χ1) is 11.6. The average Bonchev–Trinajstić information content (AvgIpc) is 2.94. The number of carbonyl (C=O) groups is 1. The molecule has 1 heterocycles. The molecular weight excluding hydrogens is 316 g/mol. The molecule has 0 unspecified atom stereocenters. The third-order valence-electron chi connectivity index (χ3n) is 3.42. The van der Waals surface area contributed by atoms with Gasteiger partial charge in [0.25, 0.3) is 0 Å². The molecule has 0 aliphatic carbocycles. The number of aromatic nitrogens is 1. The van der Waals surface area contributed by atoms with Gasteiger partial charge >= 0.3 is 5.97 Å². The molecule has 0 aliphatic rings. The first-order valence-corrected chi connectivity index (χ1v) is 7.19. The van der Waals surface area contributed by atoms with Gasteiger partial charge in [-0.05, 0) is 31.2 Å². The zero-order valence-electron chi connectivity index (χ0n) is 12.8. The van der Waals surface area contributed by atoms with Crippen LogP contribution in [0.15, 0.2) is 52.9 Å². The third-order valence-corrected chi connectivity index (χ3v) is 3.42. The van der Waals surface area contributed by atoms with Crippen LogP contribution in [0.25, 0.3) is 11.5 Å². The number of halogens is 2. The smallest absolute Gasteiger partial charge is 0.344 e. The zero-order valence-corrected chi connectivity index (χ0v) is 12.8. The lowest BCUT2D eigenvalue weighted by Crippen LogP contribution is -2.10. The van der Waals surface area contributed by atoms with E-state index in [4.69, 9.17) is 9.15 Å². The second-order valence-corrected chi connectivity index (χ2v) is 5.06. The van der Waals surface area contributed by atoms with E-state index in [1.807, 2.05) is 30.3 Å². The highest BCUT2D eigenvalue weighted by atomic mass is 19.1. The molecule has 0 bridgehead atoms. The maximum atomic E-state index is 13.6. The van der Waals surface area contributed by atoms with Crippen LogP contribution in [0.3, 0.4) is 0 Å². The highest BCUT2D eigenvalue weighted by Crippen LogP contribution is 2.22. The molecule has 0 saturated carbocycles. The van der Waals surface area contributed by atoms with E-state index in [9.17, 15) is 13.6 Å². The molecule has 3 rings (SSSR count). The number of aryl methyl sites for hydroxylation is 1. The van der Waals surface area contributed by atoms with Crippen LogP contribution in [0, 0.1) is 18.6 Å². The van der Waals surface area contributed by atoms with Crippen molar-refractivity contribution in [2.45, 2.75) is 13.5 Å². The Labute approximate surface area is 136 Å². The van der Waals surface area contributed by atoms with E-state index in [0.29, 0.717) is 17.3 Å². The van der Waals surface area contributed by atoms with Gasteiger partial charge < -0.3 is 9.15 Å². The van der Waals surface area contributed by atoms with Crippen molar-refractivity contribution in [3.8, 4) is 11.5 Å². The molecule has 0 fully saturated rings. The Morgan fingerprint density at radius 1 is 1.08 bits per heavy atom. The van der Waals surface area contributed by atoms with Crippen LogP contribution in [-0.2, 0) is 11.3 Å². The number of esters is 1. The van der Waals surface area contributed by atoms with E-state index >= 15 is 0 Å². The fourth-order valence-electron chi connectivity index (χ4n) is 2.17. The Hall–Kier alpha value is -3.02. The van der Waals surface area contributed by atoms with Crippen LogP contribution >= 0.6 is 0 Å². The largest absolute Gasteiger partial charge is 0.455 e. The van der Waals surface area contributed by atoms with Crippen molar-refractivity contribution in [1.29, 1.82) is 0 Å². The highest BCUT2D eigenvalue weighted by molar-refractivity contribution is 5.90. The van der Waals surface area contributed by atoms with E-state index in [0.717, 1.165) is 17.7 Å². The molecule has 122 valence electrons. The average molecular weight is 329 g/mol. The van der Waals surface area contributed by atoms with Crippen molar-refractivity contribution in [3.63, 3.8) is 0 Å². The molecule has 1 aromatic heterocycles. The topological polar surface area (TPSA) is 52.3 Å². The van der Waals surface area contributed by atoms with Gasteiger partial charge in [-0.15, -0.1) is 0 Å². The van der Waals surface area contributed by atoms with Crippen molar-refractivity contribution >= 4 is 5.97 Å². The normalized spacial score (nSPS) is 10.6. The molecule has 0 atom stereocenters. The number of nitrogens with zero attached hydrogens (tertiary/aromatic N) is 1. The Kier molecular flexibility index (Phi) is 4.37. The molecule has 2 aromatic carbocycles. The van der Waals surface area contributed by atoms with Crippen LogP contribution in [0.5, 0.6) is 0 Å². The molecule has 0 N–H and O–H groups in total. The van der Waals surface area contributed by atoms with Crippen LogP contribution in [0.1, 0.15) is 21.8 Å². The molecule has 24 heavy (non-hydrogen) atoms. The van der Waals surface area contributed by atoms with E-state index in [2.05, 4.69) is 4.98 Å². The predicted molar refractivity (Wildman–Crippen MR) is 82.2 cm³/mol. The minimum atomic E-state index is -1.09. The number of ether oxygens (including phenoxy) is 1. The highest BCUT2D eigenvalue weighted by Gasteiger charge is 2.20. The van der Waals surface area contributed by atoms with Crippen molar-refractivity contribution in [3.05, 3.63) is 77.2 Å². The standard InChI is InChI=1S/C18H13F2NO3/c1-11-15(21-17(24-11)12-6-3-2-4-7-12)10-23-18(22)16-13(19)8-5-9-14(16)20/h2-9H,10H2,1H3. The minimum Gasteiger partial charge on any atom is -0.455 e. The van der Waals surface area contributed by atoms with Crippen LogP contribution in [-0.4, -0.2) is 11.0 Å². The number of carbonyl (C=O) groups excluding carboxylic acids is 1. The fraction of sp³-hybridized carbons (Fsp3) is 0.111. The number of oxazole rings is 1. The van der Waals surface area contributed by atoms with E-state index in [1.54, 1.807) is 6.92 Å². The van der Waals surface area contributed by atoms with Gasteiger partial charge in [-0.2, -0.15) is 0 Å². The van der Waals surface area contributed by atoms with Crippen molar-refractivity contribution in [2.24, 2.45) is 0 Å². The molecular formula is C18H13F2NO3. The Bertz CT molecular complexity index is 855. The lowest BCUT2D eigenvalue weighted by molar-refractivity contribution is 0.0455. The number of rotatable bonds is 4. The SMILES string of the molecule is Cc1oc(-c2ccccc2)nc1COC(=O)c1c(F)cccc1F. The summed E-state index contributed by atoms with van der Waals surface area (Å²) in [5, 5.41) is 0. The van der Waals surface area contributed by atoms with Crippen molar-refractivity contribution in [2.75, 3.05) is 0 Å². The summed E-state index contributed by atoms with van der Waals surface area (Å²) < 4.78 is 37.6. The van der Waals surface area contributed by atoms with Crippen LogP contribution in [0.2, 0.25) is 0 Å². The summed E-state index contributed by atoms with van der Waals surface area (Å²) in [5.74, 6) is -2.18. The lowest BCUT2D eigenvalue weighted by atomic mass is 10.2. The third kappa shape index (κ3) is 3.17. The van der Waals surface area contributed by atoms with Gasteiger partial charge in [0.15, 0.2) is 0 Å². The summed E-state index contributed by atoms with van der Waals surface area (Å²) in [6.07, 6.45) is 0. The molecule has 0 amide bonds. The summed E-state index contributed by atoms with van der Waals surface area (Å²) in [4.78, 5) is 16.1. The minimum absolute atomic E-state index is 0.241. The Morgan fingerprint density at radius 2 is 1.75 bits per heavy atom. The summed E-state index contributed by atoms with van der Waals surface area (Å²) in [5.41, 5.74) is 0.444. The molecule has 6 heteroatoms. The van der Waals surface area contributed by atoms with E-state index in [1.165, 1.54) is 6.07 Å². The Balaban J connectivity index is 1.76. The summed E-state index contributed by atoms with van der Waals surface area (Å²) in [6.45, 7) is 1.43. The van der Waals surface area contributed by atoms with Gasteiger partial charge in [0.1, 0.15) is 35.3 Å². The zero-order chi connectivity index (χ0) is 17.1. The maximum Gasteiger partial charge on any atom is 0.344 e. The monoisotopic (exact) mass is 329 g/mol.